The van der Waals surface area contributed by atoms with Gasteiger partial charge in [-0.2, -0.15) is 0 Å². The Morgan fingerprint density at radius 1 is 1.22 bits per heavy atom. The van der Waals surface area contributed by atoms with E-state index in [-0.39, 0.29) is 5.78 Å². The molecule has 18 heavy (non-hydrogen) atoms. The SMILES string of the molecule is O=C(C=CNc1cc(Cl)cc(Cl)c1)c1cccs1. The molecule has 2 aromatic rings. The molecule has 2 nitrogen and oxygen atoms in total. The van der Waals surface area contributed by atoms with Crippen molar-refractivity contribution in [3.05, 3.63) is 62.9 Å². The predicted octanol–water partition coefficient (Wildman–Crippen LogP) is 4.86. The Balaban J connectivity index is 2.01. The molecule has 2 rings (SSSR count). The van der Waals surface area contributed by atoms with Crippen LogP contribution in [0.15, 0.2) is 48.0 Å². The van der Waals surface area contributed by atoms with Crippen molar-refractivity contribution in [1.82, 2.24) is 0 Å². The maximum Gasteiger partial charge on any atom is 0.197 e. The summed E-state index contributed by atoms with van der Waals surface area (Å²) in [4.78, 5) is 12.4. The Kier molecular flexibility index (Phi) is 4.42. The van der Waals surface area contributed by atoms with Crippen molar-refractivity contribution in [1.29, 1.82) is 0 Å². The number of hydrogen-bond donors (Lipinski definition) is 1. The second-order valence-corrected chi connectivity index (χ2v) is 5.30. The lowest BCUT2D eigenvalue weighted by atomic mass is 10.3. The first kappa shape index (κ1) is 13.1. The maximum absolute atomic E-state index is 11.7. The van der Waals surface area contributed by atoms with Gasteiger partial charge in [-0.3, -0.25) is 4.79 Å². The van der Waals surface area contributed by atoms with Crippen LogP contribution in [-0.2, 0) is 0 Å². The van der Waals surface area contributed by atoms with Gasteiger partial charge in [0.05, 0.1) is 4.88 Å². The van der Waals surface area contributed by atoms with Gasteiger partial charge in [-0.05, 0) is 29.6 Å². The summed E-state index contributed by atoms with van der Waals surface area (Å²) in [5, 5.41) is 5.91. The molecule has 0 aliphatic rings. The standard InChI is InChI=1S/C13H9Cl2NOS/c14-9-6-10(15)8-11(7-9)16-4-3-12(17)13-2-1-5-18-13/h1-8,16H. The predicted molar refractivity (Wildman–Crippen MR) is 77.9 cm³/mol. The molecule has 0 radical (unpaired) electrons. The minimum Gasteiger partial charge on any atom is -0.361 e. The number of ketones is 1. The fourth-order valence-electron chi connectivity index (χ4n) is 1.35. The van der Waals surface area contributed by atoms with Gasteiger partial charge in [0.15, 0.2) is 5.78 Å². The number of carbonyl (C=O) groups is 1. The first-order valence-electron chi connectivity index (χ1n) is 5.12. The average Bonchev–Trinajstić information content (AvgIpc) is 2.80. The van der Waals surface area contributed by atoms with Crippen LogP contribution in [0.4, 0.5) is 5.69 Å². The molecule has 0 atom stereocenters. The lowest BCUT2D eigenvalue weighted by Gasteiger charge is -2.01. The van der Waals surface area contributed by atoms with E-state index in [2.05, 4.69) is 5.32 Å². The number of nitrogens with one attached hydrogen (secondary N) is 1. The molecule has 1 heterocycles. The van der Waals surface area contributed by atoms with Gasteiger partial charge < -0.3 is 5.32 Å². The number of halogens is 2. The highest BCUT2D eigenvalue weighted by atomic mass is 35.5. The second kappa shape index (κ2) is 6.05. The van der Waals surface area contributed by atoms with Crippen LogP contribution in [0.1, 0.15) is 9.67 Å². The summed E-state index contributed by atoms with van der Waals surface area (Å²) < 4.78 is 0. The Morgan fingerprint density at radius 2 is 1.94 bits per heavy atom. The van der Waals surface area contributed by atoms with Gasteiger partial charge in [0.2, 0.25) is 0 Å². The zero-order chi connectivity index (χ0) is 13.0. The van der Waals surface area contributed by atoms with Crippen molar-refractivity contribution >= 4 is 46.0 Å². The quantitative estimate of drug-likeness (QED) is 0.645. The van der Waals surface area contributed by atoms with Crippen molar-refractivity contribution in [3.63, 3.8) is 0 Å². The van der Waals surface area contributed by atoms with Crippen molar-refractivity contribution in [2.24, 2.45) is 0 Å². The number of thiophene rings is 1. The molecule has 0 bridgehead atoms. The molecule has 0 amide bonds. The van der Waals surface area contributed by atoms with E-state index >= 15 is 0 Å². The third kappa shape index (κ3) is 3.60. The van der Waals surface area contributed by atoms with E-state index < -0.39 is 0 Å². The van der Waals surface area contributed by atoms with Gasteiger partial charge in [-0.25, -0.2) is 0 Å². The first-order valence-corrected chi connectivity index (χ1v) is 6.76. The number of hydrogen-bond acceptors (Lipinski definition) is 3. The molecule has 0 saturated heterocycles. The summed E-state index contributed by atoms with van der Waals surface area (Å²) in [6.07, 6.45) is 3.05. The molecular formula is C13H9Cl2NOS. The van der Waals surface area contributed by atoms with Crippen molar-refractivity contribution < 1.29 is 4.79 Å². The molecule has 0 aliphatic carbocycles. The fraction of sp³-hybridized carbons (Fsp3) is 0. The van der Waals surface area contributed by atoms with E-state index in [1.807, 2.05) is 11.4 Å². The smallest absolute Gasteiger partial charge is 0.197 e. The van der Waals surface area contributed by atoms with Gasteiger partial charge in [0, 0.05) is 28.0 Å². The van der Waals surface area contributed by atoms with Gasteiger partial charge in [-0.15, -0.1) is 11.3 Å². The summed E-state index contributed by atoms with van der Waals surface area (Å²) in [7, 11) is 0. The molecule has 0 aliphatic heterocycles. The number of carbonyl (C=O) groups excluding carboxylic acids is 1. The topological polar surface area (TPSA) is 29.1 Å². The van der Waals surface area contributed by atoms with Crippen LogP contribution in [0, 0.1) is 0 Å². The largest absolute Gasteiger partial charge is 0.361 e. The monoisotopic (exact) mass is 297 g/mol. The number of benzene rings is 1. The van der Waals surface area contributed by atoms with Crippen molar-refractivity contribution in [2.45, 2.75) is 0 Å². The van der Waals surface area contributed by atoms with Crippen LogP contribution in [0.5, 0.6) is 0 Å². The van der Waals surface area contributed by atoms with Crippen molar-refractivity contribution in [2.75, 3.05) is 5.32 Å². The third-order valence-electron chi connectivity index (χ3n) is 2.11. The summed E-state index contributed by atoms with van der Waals surface area (Å²) in [6.45, 7) is 0. The van der Waals surface area contributed by atoms with Crippen LogP contribution in [0.25, 0.3) is 0 Å². The van der Waals surface area contributed by atoms with E-state index in [4.69, 9.17) is 23.2 Å². The summed E-state index contributed by atoms with van der Waals surface area (Å²) in [5.41, 5.74) is 0.739. The number of anilines is 1. The van der Waals surface area contributed by atoms with E-state index in [0.29, 0.717) is 14.9 Å². The van der Waals surface area contributed by atoms with Gasteiger partial charge in [-0.1, -0.05) is 29.3 Å². The van der Waals surface area contributed by atoms with Crippen LogP contribution in [0.2, 0.25) is 10.0 Å². The lowest BCUT2D eigenvalue weighted by molar-refractivity contribution is 0.105. The highest BCUT2D eigenvalue weighted by Gasteiger charge is 2.01. The Labute approximate surface area is 119 Å². The van der Waals surface area contributed by atoms with E-state index in [0.717, 1.165) is 5.69 Å². The molecular weight excluding hydrogens is 289 g/mol. The Morgan fingerprint density at radius 3 is 2.56 bits per heavy atom. The minimum absolute atomic E-state index is 0.0365. The van der Waals surface area contributed by atoms with Crippen LogP contribution in [0.3, 0.4) is 0 Å². The molecule has 0 spiro atoms. The molecule has 1 N–H and O–H groups in total. The van der Waals surface area contributed by atoms with Crippen LogP contribution < -0.4 is 5.32 Å². The third-order valence-corrected chi connectivity index (χ3v) is 3.43. The van der Waals surface area contributed by atoms with Gasteiger partial charge in [0.1, 0.15) is 0 Å². The molecule has 1 aromatic carbocycles. The summed E-state index contributed by atoms with van der Waals surface area (Å²) in [6, 6.07) is 8.74. The molecule has 1 aromatic heterocycles. The summed E-state index contributed by atoms with van der Waals surface area (Å²) >= 11 is 13.1. The molecule has 0 fully saturated rings. The summed E-state index contributed by atoms with van der Waals surface area (Å²) in [5.74, 6) is -0.0365. The van der Waals surface area contributed by atoms with Gasteiger partial charge in [0.25, 0.3) is 0 Å². The van der Waals surface area contributed by atoms with E-state index in [1.165, 1.54) is 17.4 Å². The average molecular weight is 298 g/mol. The zero-order valence-electron chi connectivity index (χ0n) is 9.19. The Bertz CT molecular complexity index is 558. The van der Waals surface area contributed by atoms with E-state index in [9.17, 15) is 4.79 Å². The first-order chi connectivity index (χ1) is 8.65. The Hall–Kier alpha value is -1.29. The maximum atomic E-state index is 11.7. The van der Waals surface area contributed by atoms with Crippen molar-refractivity contribution in [3.8, 4) is 0 Å². The number of rotatable bonds is 4. The fourth-order valence-corrected chi connectivity index (χ4v) is 2.52. The molecule has 0 unspecified atom stereocenters. The van der Waals surface area contributed by atoms with Crippen LogP contribution >= 0.6 is 34.5 Å². The van der Waals surface area contributed by atoms with Gasteiger partial charge >= 0.3 is 0 Å². The zero-order valence-corrected chi connectivity index (χ0v) is 11.5. The van der Waals surface area contributed by atoms with Crippen LogP contribution in [-0.4, -0.2) is 5.78 Å². The normalized spacial score (nSPS) is 10.8. The molecule has 0 saturated carbocycles. The minimum atomic E-state index is -0.0365. The molecule has 92 valence electrons. The second-order valence-electron chi connectivity index (χ2n) is 3.48. The number of allylic oxidation sites excluding steroid dienone is 1. The van der Waals surface area contributed by atoms with E-state index in [1.54, 1.807) is 30.5 Å². The lowest BCUT2D eigenvalue weighted by Crippen LogP contribution is -1.93. The highest BCUT2D eigenvalue weighted by Crippen LogP contribution is 2.22. The molecule has 5 heteroatoms. The highest BCUT2D eigenvalue weighted by molar-refractivity contribution is 7.12.